The number of halogens is 2. The molecule has 272 valence electrons. The van der Waals surface area contributed by atoms with Crippen LogP contribution in [0.25, 0.3) is 22.3 Å². The summed E-state index contributed by atoms with van der Waals surface area (Å²) in [6.45, 7) is 19.5. The zero-order valence-electron chi connectivity index (χ0n) is 30.6. The summed E-state index contributed by atoms with van der Waals surface area (Å²) in [6, 6.07) is 44.2. The van der Waals surface area contributed by atoms with Gasteiger partial charge in [0.05, 0.1) is 0 Å². The van der Waals surface area contributed by atoms with Gasteiger partial charge in [0.1, 0.15) is 0 Å². The molecule has 0 fully saturated rings. The summed E-state index contributed by atoms with van der Waals surface area (Å²) in [6.07, 6.45) is 2.50. The summed E-state index contributed by atoms with van der Waals surface area (Å²) in [4.78, 5) is 0. The zero-order chi connectivity index (χ0) is 37.5. The van der Waals surface area contributed by atoms with Crippen molar-refractivity contribution in [2.75, 3.05) is 13.2 Å². The number of hydrogen-bond acceptors (Lipinski definition) is 4. The molecule has 5 aromatic rings. The van der Waals surface area contributed by atoms with Crippen LogP contribution in [-0.2, 0) is 9.47 Å². The molecule has 0 saturated carbocycles. The molecule has 51 heavy (non-hydrogen) atoms. The summed E-state index contributed by atoms with van der Waals surface area (Å²) in [7, 11) is 14.7. The van der Waals surface area contributed by atoms with E-state index in [4.69, 9.17) is 36.9 Å². The normalized spacial score (nSPS) is 11.8. The Morgan fingerprint density at radius 2 is 0.863 bits per heavy atom. The van der Waals surface area contributed by atoms with E-state index < -0.39 is 15.9 Å². The third-order valence-electron chi connectivity index (χ3n) is 6.89. The summed E-state index contributed by atoms with van der Waals surface area (Å²) >= 11 is -3.84. The average molecular weight is 843 g/mol. The number of rotatable bonds is 13. The number of ether oxygens (including phenoxy) is 4. The van der Waals surface area contributed by atoms with Crippen molar-refractivity contribution in [3.63, 3.8) is 0 Å². The summed E-state index contributed by atoms with van der Waals surface area (Å²) in [5.41, 5.74) is 3.88. The van der Waals surface area contributed by atoms with E-state index in [1.807, 2.05) is 163 Å². The molecule has 7 heteroatoms. The maximum atomic E-state index is 7.35. The van der Waals surface area contributed by atoms with Gasteiger partial charge in [0.25, 0.3) is 0 Å². The van der Waals surface area contributed by atoms with E-state index in [-0.39, 0.29) is 12.6 Å². The minimum atomic E-state index is -3.84. The van der Waals surface area contributed by atoms with E-state index in [1.54, 1.807) is 12.2 Å². The fraction of sp³-hybridized carbons (Fsp3) is 0.227. The molecule has 0 spiro atoms. The topological polar surface area (TPSA) is 36.9 Å². The van der Waals surface area contributed by atoms with Gasteiger partial charge in [-0.15, -0.1) is 0 Å². The van der Waals surface area contributed by atoms with Crippen LogP contribution in [0.1, 0.15) is 41.5 Å². The molecule has 5 rings (SSSR count). The van der Waals surface area contributed by atoms with E-state index in [1.165, 1.54) is 0 Å². The van der Waals surface area contributed by atoms with E-state index >= 15 is 0 Å². The molecule has 2 unspecified atom stereocenters. The number of hydrogen-bond donors (Lipinski definition) is 0. The quantitative estimate of drug-likeness (QED) is 0.0672. The molecule has 5 aromatic carbocycles. The summed E-state index contributed by atoms with van der Waals surface area (Å²) in [5, 5.41) is 0. The van der Waals surface area contributed by atoms with Crippen molar-refractivity contribution < 1.29 is 18.9 Å². The van der Waals surface area contributed by atoms with E-state index in [9.17, 15) is 0 Å². The first kappa shape index (κ1) is 43.6. The molecule has 0 N–H and O–H groups in total. The second kappa shape index (κ2) is 24.6. The van der Waals surface area contributed by atoms with Gasteiger partial charge in [-0.25, -0.2) is 0 Å². The van der Waals surface area contributed by atoms with Crippen LogP contribution < -0.4 is 16.7 Å². The predicted molar refractivity (Wildman–Crippen MR) is 222 cm³/mol. The minimum absolute atomic E-state index is 0.387. The van der Waals surface area contributed by atoms with E-state index in [2.05, 4.69) is 25.3 Å². The Morgan fingerprint density at radius 1 is 0.549 bits per heavy atom. The Balaban J connectivity index is 0.000000644. The Kier molecular flexibility index (Phi) is 21.1. The molecule has 0 bridgehead atoms. The predicted octanol–water partition coefficient (Wildman–Crippen LogP) is 11.6. The van der Waals surface area contributed by atoms with Gasteiger partial charge >= 0.3 is 244 Å². The van der Waals surface area contributed by atoms with Crippen LogP contribution in [0, 0.1) is 0 Å². The molecule has 0 aromatic heterocycles. The molecule has 2 atom stereocenters. The third kappa shape index (κ3) is 14.6. The number of benzene rings is 5. The molecule has 0 saturated heterocycles. The molecule has 0 aliphatic carbocycles. The molecule has 0 aliphatic heterocycles. The van der Waals surface area contributed by atoms with Crippen molar-refractivity contribution >= 4 is 41.1 Å². The maximum Gasteiger partial charge on any atom is -0.0623 e. The van der Waals surface area contributed by atoms with Crippen LogP contribution in [0.5, 0.6) is 11.5 Å². The first-order valence-corrected chi connectivity index (χ1v) is 25.4. The fourth-order valence-corrected chi connectivity index (χ4v) is 10.9. The molecule has 4 nitrogen and oxygen atoms in total. The van der Waals surface area contributed by atoms with Crippen LogP contribution in [0.2, 0.25) is 0 Å². The molecule has 0 radical (unpaired) electrons. The molecule has 0 amide bonds. The molecule has 0 heterocycles. The maximum absolute atomic E-state index is 7.35. The van der Waals surface area contributed by atoms with Gasteiger partial charge in [0.2, 0.25) is 0 Å². The minimum Gasteiger partial charge on any atom is -0.0623 e. The standard InChI is InChI=1S/C32H34Cl2O4Te.C6H6.C4H6.C2H6/c1-5-35-23(3)37-31-19-17-27(21-29(31)25-13-9-7-10-14-25)39(33,34)28-18-20-32(38-24(4)36-6-2)30(22-28)26-15-11-8-12-16-26;1-2-4-6-5-3-1;1-3-4-2;1-2/h7-24H,5-6H2,1-4H3;1-6H;3-4H,1-2H2;1-2H3. The fourth-order valence-electron chi connectivity index (χ4n) is 4.65. The molecule has 0 aliphatic rings. The third-order valence-corrected chi connectivity index (χ3v) is 16.5. The van der Waals surface area contributed by atoms with Gasteiger partial charge in [-0.05, 0) is 0 Å². The van der Waals surface area contributed by atoms with Crippen LogP contribution in [0.15, 0.2) is 159 Å². The van der Waals surface area contributed by atoms with Crippen LogP contribution >= 0.6 is 17.9 Å². The summed E-state index contributed by atoms with van der Waals surface area (Å²) in [5.74, 6) is 1.44. The smallest absolute Gasteiger partial charge is 0.0623 e. The van der Waals surface area contributed by atoms with Gasteiger partial charge < -0.3 is 0 Å². The van der Waals surface area contributed by atoms with Gasteiger partial charge in [-0.3, -0.25) is 0 Å². The second-order valence-corrected chi connectivity index (χ2v) is 23.1. The first-order valence-electron chi connectivity index (χ1n) is 17.2. The van der Waals surface area contributed by atoms with Gasteiger partial charge in [-0.1, -0.05) is 75.6 Å². The average Bonchev–Trinajstić information content (AvgIpc) is 3.17. The Labute approximate surface area is 318 Å². The Hall–Kier alpha value is -3.53. The van der Waals surface area contributed by atoms with Gasteiger partial charge in [0.15, 0.2) is 0 Å². The van der Waals surface area contributed by atoms with Crippen molar-refractivity contribution in [1.29, 1.82) is 0 Å². The Bertz CT molecular complexity index is 1550. The SMILES string of the molecule is C=CC=C.CC.CCOC(C)Oc1ccc([Te](Cl)(Cl)c2ccc(OC(C)OCC)c(-c3ccccc3)c2)cc1-c1ccccc1.c1ccccc1. The van der Waals surface area contributed by atoms with Crippen LogP contribution in [-0.4, -0.2) is 41.7 Å². The molecular formula is C44H52Cl2O4Te. The largest absolute Gasteiger partial charge is 0.0623 e. The van der Waals surface area contributed by atoms with Crippen molar-refractivity contribution in [2.24, 2.45) is 0 Å². The number of allylic oxidation sites excluding steroid dienone is 2. The first-order chi connectivity index (χ1) is 24.7. The summed E-state index contributed by atoms with van der Waals surface area (Å²) < 4.78 is 25.4. The zero-order valence-corrected chi connectivity index (χ0v) is 34.5. The van der Waals surface area contributed by atoms with Crippen molar-refractivity contribution in [1.82, 2.24) is 0 Å². The monoisotopic (exact) mass is 844 g/mol. The molecular weight excluding hydrogens is 791 g/mol. The van der Waals surface area contributed by atoms with Gasteiger partial charge in [0, 0.05) is 0 Å². The second-order valence-electron chi connectivity index (χ2n) is 10.4. The van der Waals surface area contributed by atoms with Gasteiger partial charge in [-0.2, -0.15) is 0 Å². The van der Waals surface area contributed by atoms with E-state index in [0.29, 0.717) is 13.2 Å². The van der Waals surface area contributed by atoms with E-state index in [0.717, 1.165) is 41.0 Å². The van der Waals surface area contributed by atoms with Crippen LogP contribution in [0.3, 0.4) is 0 Å². The Morgan fingerprint density at radius 3 is 1.16 bits per heavy atom. The van der Waals surface area contributed by atoms with Crippen LogP contribution in [0.4, 0.5) is 0 Å². The van der Waals surface area contributed by atoms with Crippen molar-refractivity contribution in [2.45, 2.75) is 54.1 Å². The van der Waals surface area contributed by atoms with Crippen molar-refractivity contribution in [3.05, 3.63) is 159 Å². The van der Waals surface area contributed by atoms with Crippen molar-refractivity contribution in [3.8, 4) is 33.8 Å².